The lowest BCUT2D eigenvalue weighted by Crippen LogP contribution is -2.37. The molecule has 7 nitrogen and oxygen atoms in total. The summed E-state index contributed by atoms with van der Waals surface area (Å²) in [5, 5.41) is 13.7. The number of nitrogens with one attached hydrogen (secondary N) is 2. The van der Waals surface area contributed by atoms with Crippen molar-refractivity contribution in [3.8, 4) is 0 Å². The van der Waals surface area contributed by atoms with Gasteiger partial charge in [-0.25, -0.2) is 4.79 Å². The average molecular weight is 267 g/mol. The number of urea groups is 1. The number of carboxylic acid groups (broad SMARTS) is 1. The van der Waals surface area contributed by atoms with Crippen LogP contribution < -0.4 is 10.6 Å². The number of carbonyl (C=O) groups excluding carboxylic acids is 1. The first-order chi connectivity index (χ1) is 9.01. The number of amides is 2. The molecule has 1 aromatic heterocycles. The fraction of sp³-hybridized carbons (Fsp3) is 0.417. The average Bonchev–Trinajstić information content (AvgIpc) is 2.37. The summed E-state index contributed by atoms with van der Waals surface area (Å²) in [7, 11) is 1.40. The summed E-state index contributed by atoms with van der Waals surface area (Å²) in [5.74, 6) is -0.975. The van der Waals surface area contributed by atoms with E-state index in [1.807, 2.05) is 6.92 Å². The van der Waals surface area contributed by atoms with Crippen molar-refractivity contribution in [3.63, 3.8) is 0 Å². The fourth-order valence-corrected chi connectivity index (χ4v) is 1.36. The molecule has 0 saturated carbocycles. The molecule has 0 spiro atoms. The van der Waals surface area contributed by atoms with E-state index in [1.165, 1.54) is 7.11 Å². The summed E-state index contributed by atoms with van der Waals surface area (Å²) in [6, 6.07) is 3.07. The lowest BCUT2D eigenvalue weighted by molar-refractivity contribution is -0.139. The molecule has 104 valence electrons. The van der Waals surface area contributed by atoms with Gasteiger partial charge in [-0.2, -0.15) is 0 Å². The monoisotopic (exact) mass is 267 g/mol. The lowest BCUT2D eigenvalue weighted by atomic mass is 10.2. The SMILES string of the molecule is COC(CNC(=O)Nc1ccc(C)nc1)CC(=O)O. The van der Waals surface area contributed by atoms with Crippen molar-refractivity contribution in [2.75, 3.05) is 19.0 Å². The number of aromatic nitrogens is 1. The number of hydrogen-bond acceptors (Lipinski definition) is 4. The third-order valence-electron chi connectivity index (χ3n) is 2.40. The Hall–Kier alpha value is -2.15. The number of aliphatic carboxylic acids is 1. The Balaban J connectivity index is 2.38. The van der Waals surface area contributed by atoms with Crippen LogP contribution in [0.25, 0.3) is 0 Å². The van der Waals surface area contributed by atoms with Crippen LogP contribution in [0, 0.1) is 6.92 Å². The van der Waals surface area contributed by atoms with E-state index >= 15 is 0 Å². The highest BCUT2D eigenvalue weighted by atomic mass is 16.5. The summed E-state index contributed by atoms with van der Waals surface area (Å²) in [6.07, 6.45) is 0.822. The van der Waals surface area contributed by atoms with E-state index in [1.54, 1.807) is 18.3 Å². The molecule has 0 aliphatic heterocycles. The zero-order chi connectivity index (χ0) is 14.3. The second-order valence-corrected chi connectivity index (χ2v) is 3.98. The maximum absolute atomic E-state index is 11.6. The Morgan fingerprint density at radius 3 is 2.74 bits per heavy atom. The van der Waals surface area contributed by atoms with Crippen molar-refractivity contribution in [1.82, 2.24) is 10.3 Å². The normalized spacial score (nSPS) is 11.7. The van der Waals surface area contributed by atoms with Gasteiger partial charge in [0.25, 0.3) is 0 Å². The predicted molar refractivity (Wildman–Crippen MR) is 69.0 cm³/mol. The first kappa shape index (κ1) is 14.9. The lowest BCUT2D eigenvalue weighted by Gasteiger charge is -2.14. The van der Waals surface area contributed by atoms with Crippen molar-refractivity contribution in [3.05, 3.63) is 24.0 Å². The van der Waals surface area contributed by atoms with Crippen LogP contribution in [-0.2, 0) is 9.53 Å². The first-order valence-electron chi connectivity index (χ1n) is 5.73. The molecule has 0 aromatic carbocycles. The number of nitrogens with zero attached hydrogens (tertiary/aromatic N) is 1. The molecule has 3 N–H and O–H groups in total. The highest BCUT2D eigenvalue weighted by molar-refractivity contribution is 5.89. The number of hydrogen-bond donors (Lipinski definition) is 3. The highest BCUT2D eigenvalue weighted by Gasteiger charge is 2.13. The predicted octanol–water partition coefficient (Wildman–Crippen LogP) is 1.00. The summed E-state index contributed by atoms with van der Waals surface area (Å²) < 4.78 is 4.94. The number of carbonyl (C=O) groups is 2. The Morgan fingerprint density at radius 1 is 1.47 bits per heavy atom. The number of methoxy groups -OCH3 is 1. The van der Waals surface area contributed by atoms with Gasteiger partial charge in [0.1, 0.15) is 0 Å². The van der Waals surface area contributed by atoms with Crippen molar-refractivity contribution < 1.29 is 19.4 Å². The minimum atomic E-state index is -0.975. The molecule has 1 atom stereocenters. The van der Waals surface area contributed by atoms with Crippen LogP contribution in [0.5, 0.6) is 0 Å². The van der Waals surface area contributed by atoms with Crippen molar-refractivity contribution in [2.45, 2.75) is 19.4 Å². The number of aryl methyl sites for hydroxylation is 1. The van der Waals surface area contributed by atoms with Gasteiger partial charge in [0, 0.05) is 19.3 Å². The molecule has 0 bridgehead atoms. The number of pyridine rings is 1. The van der Waals surface area contributed by atoms with Gasteiger partial charge in [0.2, 0.25) is 0 Å². The molecule has 1 heterocycles. The van der Waals surface area contributed by atoms with Crippen LogP contribution in [-0.4, -0.2) is 41.8 Å². The van der Waals surface area contributed by atoms with E-state index in [-0.39, 0.29) is 13.0 Å². The molecule has 1 rings (SSSR count). The maximum atomic E-state index is 11.6. The van der Waals surface area contributed by atoms with Crippen LogP contribution in [0.15, 0.2) is 18.3 Å². The second kappa shape index (κ2) is 7.32. The number of rotatable bonds is 6. The molecular weight excluding hydrogens is 250 g/mol. The first-order valence-corrected chi connectivity index (χ1v) is 5.73. The smallest absolute Gasteiger partial charge is 0.319 e. The van der Waals surface area contributed by atoms with Gasteiger partial charge in [-0.05, 0) is 19.1 Å². The van der Waals surface area contributed by atoms with Crippen LogP contribution in [0.1, 0.15) is 12.1 Å². The fourth-order valence-electron chi connectivity index (χ4n) is 1.36. The van der Waals surface area contributed by atoms with Gasteiger partial charge in [-0.1, -0.05) is 0 Å². The maximum Gasteiger partial charge on any atom is 0.319 e. The molecule has 0 fully saturated rings. The molecule has 7 heteroatoms. The number of carboxylic acids is 1. The summed E-state index contributed by atoms with van der Waals surface area (Å²) in [6.45, 7) is 1.97. The molecule has 0 radical (unpaired) electrons. The summed E-state index contributed by atoms with van der Waals surface area (Å²) in [5.41, 5.74) is 1.42. The summed E-state index contributed by atoms with van der Waals surface area (Å²) >= 11 is 0. The standard InChI is InChI=1S/C12H17N3O4/c1-8-3-4-9(6-13-8)15-12(18)14-7-10(19-2)5-11(16)17/h3-4,6,10H,5,7H2,1-2H3,(H,16,17)(H2,14,15,18). The summed E-state index contributed by atoms with van der Waals surface area (Å²) in [4.78, 5) is 26.1. The zero-order valence-electron chi connectivity index (χ0n) is 10.8. The second-order valence-electron chi connectivity index (χ2n) is 3.98. The molecule has 0 aliphatic rings. The quantitative estimate of drug-likeness (QED) is 0.714. The van der Waals surface area contributed by atoms with E-state index in [0.717, 1.165) is 5.69 Å². The Bertz CT molecular complexity index is 433. The molecular formula is C12H17N3O4. The van der Waals surface area contributed by atoms with Gasteiger partial charge >= 0.3 is 12.0 Å². The molecule has 0 aliphatic carbocycles. The van der Waals surface area contributed by atoms with Crippen molar-refractivity contribution >= 4 is 17.7 Å². The Kier molecular flexibility index (Phi) is 5.74. The minimum Gasteiger partial charge on any atom is -0.481 e. The number of anilines is 1. The van der Waals surface area contributed by atoms with Crippen LogP contribution in [0.4, 0.5) is 10.5 Å². The molecule has 19 heavy (non-hydrogen) atoms. The van der Waals surface area contributed by atoms with Gasteiger partial charge in [-0.15, -0.1) is 0 Å². The minimum absolute atomic E-state index is 0.119. The van der Waals surface area contributed by atoms with Gasteiger partial charge in [-0.3, -0.25) is 9.78 Å². The van der Waals surface area contributed by atoms with E-state index in [9.17, 15) is 9.59 Å². The van der Waals surface area contributed by atoms with E-state index in [2.05, 4.69) is 15.6 Å². The third kappa shape index (κ3) is 5.82. The molecule has 1 aromatic rings. The van der Waals surface area contributed by atoms with Gasteiger partial charge in [0.05, 0.1) is 24.4 Å². The molecule has 1 unspecified atom stereocenters. The van der Waals surface area contributed by atoms with E-state index in [4.69, 9.17) is 9.84 Å². The molecule has 0 saturated heterocycles. The van der Waals surface area contributed by atoms with Crippen molar-refractivity contribution in [2.24, 2.45) is 0 Å². The van der Waals surface area contributed by atoms with E-state index < -0.39 is 18.1 Å². The molecule has 2 amide bonds. The zero-order valence-corrected chi connectivity index (χ0v) is 10.8. The topological polar surface area (TPSA) is 101 Å². The highest BCUT2D eigenvalue weighted by Crippen LogP contribution is 2.05. The number of ether oxygens (including phenoxy) is 1. The van der Waals surface area contributed by atoms with Crippen LogP contribution in [0.3, 0.4) is 0 Å². The largest absolute Gasteiger partial charge is 0.481 e. The Morgan fingerprint density at radius 2 is 2.21 bits per heavy atom. The van der Waals surface area contributed by atoms with Gasteiger partial charge in [0.15, 0.2) is 0 Å². The van der Waals surface area contributed by atoms with Crippen LogP contribution in [0.2, 0.25) is 0 Å². The van der Waals surface area contributed by atoms with Gasteiger partial charge < -0.3 is 20.5 Å². The van der Waals surface area contributed by atoms with Crippen LogP contribution >= 0.6 is 0 Å². The third-order valence-corrected chi connectivity index (χ3v) is 2.40. The Labute approximate surface area is 111 Å². The van der Waals surface area contributed by atoms with E-state index in [0.29, 0.717) is 5.69 Å². The van der Waals surface area contributed by atoms with Crippen molar-refractivity contribution in [1.29, 1.82) is 0 Å².